The second-order valence-corrected chi connectivity index (χ2v) is 6.08. The maximum absolute atomic E-state index is 6.03. The summed E-state index contributed by atoms with van der Waals surface area (Å²) in [6.45, 7) is 3.03. The highest BCUT2D eigenvalue weighted by Crippen LogP contribution is 2.28. The minimum absolute atomic E-state index is 0.408. The molecule has 0 bridgehead atoms. The zero-order valence-corrected chi connectivity index (χ0v) is 14.8. The molecule has 3 N–H and O–H groups in total. The molecule has 1 aliphatic rings. The number of aryl methyl sites for hydroxylation is 2. The van der Waals surface area contributed by atoms with Crippen LogP contribution in [0.2, 0.25) is 0 Å². The number of ether oxygens (including phenoxy) is 2. The molecule has 0 amide bonds. The predicted octanol–water partition coefficient (Wildman–Crippen LogP) is 3.51. The molecule has 1 aliphatic carbocycles. The zero-order valence-electron chi connectivity index (χ0n) is 14.8. The van der Waals surface area contributed by atoms with Gasteiger partial charge in [-0.15, -0.1) is 0 Å². The van der Waals surface area contributed by atoms with Gasteiger partial charge in [-0.3, -0.25) is 0 Å². The highest BCUT2D eigenvalue weighted by Gasteiger charge is 2.11. The molecule has 0 fully saturated rings. The summed E-state index contributed by atoms with van der Waals surface area (Å²) in [4.78, 5) is 4.42. The van der Waals surface area contributed by atoms with Crippen LogP contribution >= 0.6 is 0 Å². The van der Waals surface area contributed by atoms with E-state index in [0.717, 1.165) is 23.4 Å². The van der Waals surface area contributed by atoms with Crippen molar-refractivity contribution in [2.75, 3.05) is 19.0 Å². The standard InChI is InChI=1S/C20H25N3O2/c1-3-25-18-10-7-14(11-19(18)24-2)13-22-20(21)23-17-9-8-15-5-4-6-16(15)12-17/h7-12H,3-6,13H2,1-2H3,(H3,21,22,23). The van der Waals surface area contributed by atoms with Crippen LogP contribution in [0.25, 0.3) is 0 Å². The van der Waals surface area contributed by atoms with Gasteiger partial charge in [0.05, 0.1) is 20.3 Å². The van der Waals surface area contributed by atoms with Gasteiger partial charge in [-0.2, -0.15) is 0 Å². The van der Waals surface area contributed by atoms with Crippen LogP contribution in [0.15, 0.2) is 41.4 Å². The van der Waals surface area contributed by atoms with E-state index < -0.39 is 0 Å². The van der Waals surface area contributed by atoms with E-state index in [9.17, 15) is 0 Å². The van der Waals surface area contributed by atoms with Gasteiger partial charge in [0.2, 0.25) is 0 Å². The minimum Gasteiger partial charge on any atom is -0.493 e. The van der Waals surface area contributed by atoms with E-state index in [0.29, 0.717) is 24.9 Å². The van der Waals surface area contributed by atoms with Crippen molar-refractivity contribution in [1.29, 1.82) is 0 Å². The summed E-state index contributed by atoms with van der Waals surface area (Å²) in [6.07, 6.45) is 3.56. The second-order valence-electron chi connectivity index (χ2n) is 6.08. The molecular weight excluding hydrogens is 314 g/mol. The van der Waals surface area contributed by atoms with Crippen molar-refractivity contribution >= 4 is 11.6 Å². The Balaban J connectivity index is 1.65. The van der Waals surface area contributed by atoms with E-state index in [1.54, 1.807) is 7.11 Å². The van der Waals surface area contributed by atoms with Crippen molar-refractivity contribution in [3.8, 4) is 11.5 Å². The molecule has 0 spiro atoms. The predicted molar refractivity (Wildman–Crippen MR) is 102 cm³/mol. The minimum atomic E-state index is 0.408. The fraction of sp³-hybridized carbons (Fsp3) is 0.350. The molecule has 0 radical (unpaired) electrons. The Morgan fingerprint density at radius 3 is 2.76 bits per heavy atom. The maximum atomic E-state index is 6.03. The summed E-state index contributed by atoms with van der Waals surface area (Å²) < 4.78 is 10.9. The highest BCUT2D eigenvalue weighted by atomic mass is 16.5. The molecule has 0 aliphatic heterocycles. The lowest BCUT2D eigenvalue weighted by atomic mass is 10.1. The van der Waals surface area contributed by atoms with Crippen molar-refractivity contribution in [2.24, 2.45) is 10.7 Å². The quantitative estimate of drug-likeness (QED) is 0.624. The molecular formula is C20H25N3O2. The Morgan fingerprint density at radius 2 is 1.96 bits per heavy atom. The molecule has 0 saturated heterocycles. The molecule has 0 atom stereocenters. The number of guanidine groups is 1. The monoisotopic (exact) mass is 339 g/mol. The number of fused-ring (bicyclic) bond motifs is 1. The van der Waals surface area contributed by atoms with Crippen LogP contribution in [0, 0.1) is 0 Å². The lowest BCUT2D eigenvalue weighted by molar-refractivity contribution is 0.310. The smallest absolute Gasteiger partial charge is 0.193 e. The lowest BCUT2D eigenvalue weighted by Crippen LogP contribution is -2.22. The molecule has 5 nitrogen and oxygen atoms in total. The van der Waals surface area contributed by atoms with E-state index in [2.05, 4.69) is 28.5 Å². The third kappa shape index (κ3) is 4.24. The van der Waals surface area contributed by atoms with Crippen molar-refractivity contribution in [1.82, 2.24) is 0 Å². The summed E-state index contributed by atoms with van der Waals surface area (Å²) in [7, 11) is 1.63. The summed E-state index contributed by atoms with van der Waals surface area (Å²) in [5.74, 6) is 1.85. The van der Waals surface area contributed by atoms with Crippen LogP contribution in [-0.2, 0) is 19.4 Å². The number of hydrogen-bond donors (Lipinski definition) is 2. The lowest BCUT2D eigenvalue weighted by Gasteiger charge is -2.11. The first-order chi connectivity index (χ1) is 12.2. The van der Waals surface area contributed by atoms with E-state index in [-0.39, 0.29) is 0 Å². The molecule has 2 aromatic rings. The van der Waals surface area contributed by atoms with Crippen LogP contribution in [0.5, 0.6) is 11.5 Å². The largest absolute Gasteiger partial charge is 0.493 e. The third-order valence-corrected chi connectivity index (χ3v) is 4.33. The first-order valence-electron chi connectivity index (χ1n) is 8.68. The topological polar surface area (TPSA) is 68.9 Å². The first-order valence-corrected chi connectivity index (χ1v) is 8.68. The number of aliphatic imine (C=N–C) groups is 1. The summed E-state index contributed by atoms with van der Waals surface area (Å²) in [5.41, 5.74) is 10.9. The van der Waals surface area contributed by atoms with Crippen LogP contribution in [0.3, 0.4) is 0 Å². The van der Waals surface area contributed by atoms with Gasteiger partial charge in [0.25, 0.3) is 0 Å². The van der Waals surface area contributed by atoms with Gasteiger partial charge in [-0.1, -0.05) is 12.1 Å². The molecule has 25 heavy (non-hydrogen) atoms. The Labute approximate surface area is 148 Å². The Bertz CT molecular complexity index is 772. The molecule has 5 heteroatoms. The fourth-order valence-corrected chi connectivity index (χ4v) is 3.10. The molecule has 0 saturated carbocycles. The van der Waals surface area contributed by atoms with E-state index in [1.165, 1.54) is 24.0 Å². The Morgan fingerprint density at radius 1 is 1.12 bits per heavy atom. The van der Waals surface area contributed by atoms with Crippen molar-refractivity contribution in [3.63, 3.8) is 0 Å². The van der Waals surface area contributed by atoms with Crippen molar-refractivity contribution in [3.05, 3.63) is 53.1 Å². The summed E-state index contributed by atoms with van der Waals surface area (Å²) in [6, 6.07) is 12.2. The highest BCUT2D eigenvalue weighted by molar-refractivity contribution is 5.92. The third-order valence-electron chi connectivity index (χ3n) is 4.33. The van der Waals surface area contributed by atoms with Crippen LogP contribution < -0.4 is 20.5 Å². The maximum Gasteiger partial charge on any atom is 0.193 e. The van der Waals surface area contributed by atoms with Gasteiger partial charge in [-0.25, -0.2) is 4.99 Å². The average molecular weight is 339 g/mol. The van der Waals surface area contributed by atoms with Crippen molar-refractivity contribution < 1.29 is 9.47 Å². The van der Waals surface area contributed by atoms with Gasteiger partial charge >= 0.3 is 0 Å². The number of nitrogens with zero attached hydrogens (tertiary/aromatic N) is 1. The van der Waals surface area contributed by atoms with E-state index >= 15 is 0 Å². The van der Waals surface area contributed by atoms with Crippen molar-refractivity contribution in [2.45, 2.75) is 32.7 Å². The van der Waals surface area contributed by atoms with Gasteiger partial charge in [0.1, 0.15) is 0 Å². The molecule has 132 valence electrons. The molecule has 2 aromatic carbocycles. The molecule has 0 aromatic heterocycles. The fourth-order valence-electron chi connectivity index (χ4n) is 3.10. The Kier molecular flexibility index (Phi) is 5.43. The van der Waals surface area contributed by atoms with Gasteiger partial charge in [0, 0.05) is 5.69 Å². The SMILES string of the molecule is CCOc1ccc(CN=C(N)Nc2ccc3c(c2)CCC3)cc1OC. The number of nitrogens with one attached hydrogen (secondary N) is 1. The average Bonchev–Trinajstić information content (AvgIpc) is 3.09. The molecule has 3 rings (SSSR count). The number of anilines is 1. The number of nitrogens with two attached hydrogens (primary N) is 1. The van der Waals surface area contributed by atoms with Gasteiger partial charge in [-0.05, 0) is 67.1 Å². The molecule has 0 unspecified atom stereocenters. The number of hydrogen-bond acceptors (Lipinski definition) is 3. The normalized spacial score (nSPS) is 13.4. The number of methoxy groups -OCH3 is 1. The van der Waals surface area contributed by atoms with E-state index in [1.807, 2.05) is 25.1 Å². The molecule has 0 heterocycles. The second kappa shape index (κ2) is 7.92. The summed E-state index contributed by atoms with van der Waals surface area (Å²) in [5, 5.41) is 3.17. The number of rotatable bonds is 6. The van der Waals surface area contributed by atoms with Gasteiger partial charge in [0.15, 0.2) is 17.5 Å². The van der Waals surface area contributed by atoms with Gasteiger partial charge < -0.3 is 20.5 Å². The summed E-state index contributed by atoms with van der Waals surface area (Å²) >= 11 is 0. The Hall–Kier alpha value is -2.69. The first kappa shape index (κ1) is 17.1. The zero-order chi connectivity index (χ0) is 17.6. The van der Waals surface area contributed by atoms with E-state index in [4.69, 9.17) is 15.2 Å². The van der Waals surface area contributed by atoms with Crippen LogP contribution in [-0.4, -0.2) is 19.7 Å². The van der Waals surface area contributed by atoms with Crippen LogP contribution in [0.1, 0.15) is 30.0 Å². The van der Waals surface area contributed by atoms with Crippen LogP contribution in [0.4, 0.5) is 5.69 Å². The number of benzene rings is 2.